The molecule has 376 valence electrons. The van der Waals surface area contributed by atoms with Crippen molar-refractivity contribution in [1.29, 1.82) is 0 Å². The molecule has 1 unspecified atom stereocenters. The molecule has 5 heterocycles. The van der Waals surface area contributed by atoms with Gasteiger partial charge in [-0.15, -0.1) is 0 Å². The van der Waals surface area contributed by atoms with Crippen LogP contribution in [0.5, 0.6) is 23.0 Å². The molecule has 2 N–H and O–H groups in total. The Labute approximate surface area is 419 Å². The molecular formula is C50H54Cl2F2N8O9. The van der Waals surface area contributed by atoms with Crippen LogP contribution >= 0.6 is 23.2 Å². The molecule has 0 spiro atoms. The summed E-state index contributed by atoms with van der Waals surface area (Å²) < 4.78 is 67.4. The van der Waals surface area contributed by atoms with Crippen molar-refractivity contribution in [2.24, 2.45) is 0 Å². The number of rotatable bonds is 16. The normalized spacial score (nSPS) is 17.7. The van der Waals surface area contributed by atoms with Gasteiger partial charge in [0.25, 0.3) is 0 Å². The molecule has 6 aromatic rings. The van der Waals surface area contributed by atoms with E-state index in [1.165, 1.54) is 36.9 Å². The topological polar surface area (TPSA) is 181 Å². The number of benzene rings is 4. The van der Waals surface area contributed by atoms with Gasteiger partial charge in [0.15, 0.2) is 23.0 Å². The maximum absolute atomic E-state index is 13.6. The van der Waals surface area contributed by atoms with Gasteiger partial charge in [0.05, 0.1) is 47.4 Å². The van der Waals surface area contributed by atoms with E-state index in [0.29, 0.717) is 114 Å². The molecule has 0 radical (unpaired) electrons. The largest absolute Gasteiger partial charge is 0.493 e. The second-order valence-corrected chi connectivity index (χ2v) is 19.1. The number of cyclic esters (lactones) is 2. The molecule has 21 heteroatoms. The number of fused-ring (bicyclic) bond motifs is 2. The highest BCUT2D eigenvalue weighted by molar-refractivity contribution is 6.31. The third-order valence-corrected chi connectivity index (χ3v) is 12.0. The number of hydrogen-bond acceptors (Lipinski definition) is 17. The number of nitrogens with zero attached hydrogens (tertiary/aromatic N) is 6. The number of carbonyl (C=O) groups is 2. The number of nitrogens with one attached hydrogen (secondary N) is 2. The summed E-state index contributed by atoms with van der Waals surface area (Å²) in [4.78, 5) is 45.2. The van der Waals surface area contributed by atoms with E-state index in [2.05, 4.69) is 30.6 Å². The molecule has 3 aliphatic heterocycles. The molecule has 0 bridgehead atoms. The second-order valence-electron chi connectivity index (χ2n) is 18.3. The first kappa shape index (κ1) is 51.0. The molecule has 9 rings (SSSR count). The zero-order valence-corrected chi connectivity index (χ0v) is 41.4. The predicted molar refractivity (Wildman–Crippen MR) is 264 cm³/mol. The number of halogens is 4. The van der Waals surface area contributed by atoms with Gasteiger partial charge in [-0.3, -0.25) is 19.4 Å². The van der Waals surface area contributed by atoms with Gasteiger partial charge in [-0.1, -0.05) is 23.2 Å². The number of methoxy groups -OCH3 is 1. The van der Waals surface area contributed by atoms with Crippen molar-refractivity contribution in [2.75, 3.05) is 83.4 Å². The third kappa shape index (κ3) is 13.5. The van der Waals surface area contributed by atoms with Crippen LogP contribution in [0.4, 0.5) is 31.8 Å². The van der Waals surface area contributed by atoms with E-state index in [9.17, 15) is 18.4 Å². The number of hydrogen-bond donors (Lipinski definition) is 2. The fraction of sp³-hybridized carbons (Fsp3) is 0.400. The molecule has 0 saturated carbocycles. The summed E-state index contributed by atoms with van der Waals surface area (Å²) in [5.74, 6) is 1.62. The van der Waals surface area contributed by atoms with E-state index in [-0.39, 0.29) is 41.2 Å². The minimum atomic E-state index is -0.547. The predicted octanol–water partition coefficient (Wildman–Crippen LogP) is 8.93. The molecule has 3 fully saturated rings. The summed E-state index contributed by atoms with van der Waals surface area (Å²) in [6, 6.07) is 15.9. The van der Waals surface area contributed by atoms with Crippen LogP contribution in [0.2, 0.25) is 10.0 Å². The zero-order chi connectivity index (χ0) is 50.3. The fourth-order valence-corrected chi connectivity index (χ4v) is 8.75. The van der Waals surface area contributed by atoms with E-state index in [0.717, 1.165) is 19.4 Å². The molecule has 3 saturated heterocycles. The summed E-state index contributed by atoms with van der Waals surface area (Å²) in [6.45, 7) is 12.1. The van der Waals surface area contributed by atoms with Crippen LogP contribution in [-0.2, 0) is 23.8 Å². The molecule has 71 heavy (non-hydrogen) atoms. The van der Waals surface area contributed by atoms with Gasteiger partial charge in [0, 0.05) is 67.1 Å². The lowest BCUT2D eigenvalue weighted by Gasteiger charge is -2.37. The Balaban J connectivity index is 0.000000192. The highest BCUT2D eigenvalue weighted by atomic mass is 35.5. The van der Waals surface area contributed by atoms with Crippen LogP contribution in [0.1, 0.15) is 40.5 Å². The van der Waals surface area contributed by atoms with Gasteiger partial charge >= 0.3 is 11.9 Å². The standard InChI is InChI=1S/C27H30ClFN4O5.C23H24ClFN4O4/c1-27(2)15-33(13-25(34)38-27)7-9-36-23-11-19-22(12-24(23)37-14-18-4-3-8-35-18)30-16-31-26(19)32-17-5-6-21(29)20(28)10-17;1-23(2)12-29(11-21(30)33-23)6-7-32-20-9-15-18(10-19(20)31-3)26-13-27-22(15)28-14-4-5-17(25)16(24)8-14/h5-6,10-12,16,18H,3-4,7-9,13-15H2,1-2H3,(H,30,31,32);4-5,8-10,13H,6-7,11-12H2,1-3H3,(H,26,27,28). The first-order valence-electron chi connectivity index (χ1n) is 22.9. The summed E-state index contributed by atoms with van der Waals surface area (Å²) >= 11 is 11.8. The monoisotopic (exact) mass is 1020 g/mol. The van der Waals surface area contributed by atoms with Crippen molar-refractivity contribution in [2.45, 2.75) is 57.8 Å². The van der Waals surface area contributed by atoms with Gasteiger partial charge < -0.3 is 43.8 Å². The smallest absolute Gasteiger partial charge is 0.320 e. The van der Waals surface area contributed by atoms with E-state index in [1.54, 1.807) is 31.4 Å². The molecule has 1 atom stereocenters. The Morgan fingerprint density at radius 2 is 1.15 bits per heavy atom. The maximum atomic E-state index is 13.6. The SMILES string of the molecule is CC1(C)CN(CCOc2cc3c(Nc4ccc(F)c(Cl)c4)ncnc3cc2OCC2CCCO2)CC(=O)O1.COc1cc2ncnc(Nc3ccc(F)c(Cl)c3)c2cc1OCCN1CC(=O)OC(C)(C)C1. The summed E-state index contributed by atoms with van der Waals surface area (Å²) in [5.41, 5.74) is 1.37. The van der Waals surface area contributed by atoms with Gasteiger partial charge in [-0.2, -0.15) is 0 Å². The number of aromatic nitrogens is 4. The van der Waals surface area contributed by atoms with Crippen LogP contribution in [0.25, 0.3) is 21.8 Å². The van der Waals surface area contributed by atoms with Crippen LogP contribution < -0.4 is 29.6 Å². The van der Waals surface area contributed by atoms with Crippen LogP contribution in [0, 0.1) is 11.6 Å². The Morgan fingerprint density at radius 1 is 0.676 bits per heavy atom. The highest BCUT2D eigenvalue weighted by Crippen LogP contribution is 2.37. The Hall–Kier alpha value is -6.38. The first-order valence-corrected chi connectivity index (χ1v) is 23.7. The molecular weight excluding hydrogens is 965 g/mol. The molecule has 0 aliphatic carbocycles. The number of esters is 2. The fourth-order valence-electron chi connectivity index (χ4n) is 8.39. The van der Waals surface area contributed by atoms with Crippen LogP contribution in [0.3, 0.4) is 0 Å². The van der Waals surface area contributed by atoms with E-state index in [1.807, 2.05) is 49.6 Å². The van der Waals surface area contributed by atoms with Crippen molar-refractivity contribution in [1.82, 2.24) is 29.7 Å². The number of ether oxygens (including phenoxy) is 7. The van der Waals surface area contributed by atoms with Crippen LogP contribution in [0.15, 0.2) is 73.3 Å². The van der Waals surface area contributed by atoms with Gasteiger partial charge in [0.1, 0.15) is 66.9 Å². The zero-order valence-electron chi connectivity index (χ0n) is 39.9. The van der Waals surface area contributed by atoms with Crippen molar-refractivity contribution < 1.29 is 51.5 Å². The highest BCUT2D eigenvalue weighted by Gasteiger charge is 2.34. The summed E-state index contributed by atoms with van der Waals surface area (Å²) in [6.07, 6.45) is 4.86. The van der Waals surface area contributed by atoms with Crippen molar-refractivity contribution in [3.8, 4) is 23.0 Å². The lowest BCUT2D eigenvalue weighted by molar-refractivity contribution is -0.170. The molecule has 4 aromatic carbocycles. The van der Waals surface area contributed by atoms with Gasteiger partial charge in [-0.05, 0) is 89.1 Å². The molecule has 2 aromatic heterocycles. The summed E-state index contributed by atoms with van der Waals surface area (Å²) in [7, 11) is 1.55. The van der Waals surface area contributed by atoms with E-state index in [4.69, 9.17) is 56.4 Å². The first-order chi connectivity index (χ1) is 34.0. The Morgan fingerprint density at radius 3 is 1.61 bits per heavy atom. The minimum absolute atomic E-state index is 0.00646. The number of morpholine rings is 2. The van der Waals surface area contributed by atoms with Crippen molar-refractivity contribution >= 4 is 80.0 Å². The number of anilines is 4. The Kier molecular flexibility index (Phi) is 16.1. The lowest BCUT2D eigenvalue weighted by Crippen LogP contribution is -2.51. The average molecular weight is 1020 g/mol. The quantitative estimate of drug-likeness (QED) is 0.0876. The van der Waals surface area contributed by atoms with E-state index >= 15 is 0 Å². The van der Waals surface area contributed by atoms with Gasteiger partial charge in [0.2, 0.25) is 0 Å². The van der Waals surface area contributed by atoms with Crippen LogP contribution in [-0.4, -0.2) is 132 Å². The maximum Gasteiger partial charge on any atom is 0.320 e. The van der Waals surface area contributed by atoms with Gasteiger partial charge in [-0.25, -0.2) is 28.7 Å². The molecule has 17 nitrogen and oxygen atoms in total. The van der Waals surface area contributed by atoms with Crippen molar-refractivity contribution in [3.63, 3.8) is 0 Å². The molecule has 3 aliphatic rings. The van der Waals surface area contributed by atoms with E-state index < -0.39 is 22.8 Å². The average Bonchev–Trinajstić information content (AvgIpc) is 3.84. The third-order valence-electron chi connectivity index (χ3n) is 11.5. The summed E-state index contributed by atoms with van der Waals surface area (Å²) in [5, 5.41) is 7.72. The second kappa shape index (κ2) is 22.4. The Bertz CT molecular complexity index is 2890. The minimum Gasteiger partial charge on any atom is -0.493 e. The lowest BCUT2D eigenvalue weighted by atomic mass is 10.1. The van der Waals surface area contributed by atoms with Crippen molar-refractivity contribution in [3.05, 3.63) is 95.0 Å². The number of carbonyl (C=O) groups excluding carboxylic acids is 2. The molecule has 0 amide bonds.